The van der Waals surface area contributed by atoms with E-state index in [0.717, 1.165) is 19.3 Å². The van der Waals surface area contributed by atoms with Gasteiger partial charge in [-0.2, -0.15) is 0 Å². The zero-order valence-corrected chi connectivity index (χ0v) is 15.7. The van der Waals surface area contributed by atoms with Gasteiger partial charge in [0.25, 0.3) is 5.91 Å². The van der Waals surface area contributed by atoms with E-state index in [9.17, 15) is 18.0 Å². The van der Waals surface area contributed by atoms with Gasteiger partial charge in [-0.15, -0.1) is 0 Å². The van der Waals surface area contributed by atoms with Gasteiger partial charge in [-0.1, -0.05) is 18.5 Å². The van der Waals surface area contributed by atoms with Crippen molar-refractivity contribution in [1.82, 2.24) is 15.4 Å². The van der Waals surface area contributed by atoms with Crippen LogP contribution >= 0.6 is 11.6 Å². The van der Waals surface area contributed by atoms with E-state index in [1.165, 1.54) is 18.2 Å². The first-order chi connectivity index (χ1) is 11.7. The molecule has 0 saturated heterocycles. The third-order valence-electron chi connectivity index (χ3n) is 3.67. The molecule has 0 spiro atoms. The van der Waals surface area contributed by atoms with Crippen molar-refractivity contribution in [3.8, 4) is 0 Å². The van der Waals surface area contributed by atoms with Crippen LogP contribution in [0.25, 0.3) is 0 Å². The summed E-state index contributed by atoms with van der Waals surface area (Å²) in [7, 11) is -3.78. The predicted molar refractivity (Wildman–Crippen MR) is 95.0 cm³/mol. The molecule has 0 radical (unpaired) electrons. The summed E-state index contributed by atoms with van der Waals surface area (Å²) in [6.45, 7) is 4.01. The summed E-state index contributed by atoms with van der Waals surface area (Å²) in [5.41, 5.74) is 0.121. The highest BCUT2D eigenvalue weighted by molar-refractivity contribution is 7.89. The van der Waals surface area contributed by atoms with Crippen molar-refractivity contribution in [3.05, 3.63) is 28.8 Å². The summed E-state index contributed by atoms with van der Waals surface area (Å²) in [5.74, 6) is -0.842. The van der Waals surface area contributed by atoms with Crippen molar-refractivity contribution in [1.29, 1.82) is 0 Å². The lowest BCUT2D eigenvalue weighted by Gasteiger charge is -2.14. The lowest BCUT2D eigenvalue weighted by Crippen LogP contribution is -2.45. The third-order valence-corrected chi connectivity index (χ3v) is 5.67. The van der Waals surface area contributed by atoms with Crippen molar-refractivity contribution < 1.29 is 18.0 Å². The molecule has 1 atom stereocenters. The van der Waals surface area contributed by atoms with Crippen LogP contribution in [-0.4, -0.2) is 38.9 Å². The van der Waals surface area contributed by atoms with Crippen LogP contribution in [0.5, 0.6) is 0 Å². The van der Waals surface area contributed by atoms with Gasteiger partial charge < -0.3 is 10.6 Å². The first-order valence-electron chi connectivity index (χ1n) is 8.15. The molecule has 7 nitrogen and oxygen atoms in total. The lowest BCUT2D eigenvalue weighted by molar-refractivity contribution is -0.122. The molecule has 1 aliphatic rings. The molecule has 25 heavy (non-hydrogen) atoms. The quantitative estimate of drug-likeness (QED) is 0.627. The van der Waals surface area contributed by atoms with E-state index in [1.54, 1.807) is 6.92 Å². The molecule has 138 valence electrons. The van der Waals surface area contributed by atoms with E-state index in [1.807, 2.05) is 6.92 Å². The van der Waals surface area contributed by atoms with Crippen LogP contribution < -0.4 is 15.4 Å². The summed E-state index contributed by atoms with van der Waals surface area (Å²) in [5, 5.41) is 5.27. The molecule has 1 aliphatic carbocycles. The van der Waals surface area contributed by atoms with Crippen molar-refractivity contribution in [3.63, 3.8) is 0 Å². The predicted octanol–water partition coefficient (Wildman–Crippen LogP) is 1.43. The summed E-state index contributed by atoms with van der Waals surface area (Å²) < 4.78 is 27.2. The van der Waals surface area contributed by atoms with Crippen LogP contribution in [0.4, 0.5) is 0 Å². The molecule has 9 heteroatoms. The van der Waals surface area contributed by atoms with Crippen molar-refractivity contribution in [2.75, 3.05) is 6.54 Å². The molecule has 0 aromatic heterocycles. The number of nitrogens with one attached hydrogen (secondary N) is 3. The molecule has 0 bridgehead atoms. The molecule has 0 heterocycles. The molecular formula is C16H22ClN3O4S. The van der Waals surface area contributed by atoms with Gasteiger partial charge in [-0.3, -0.25) is 9.59 Å². The summed E-state index contributed by atoms with van der Waals surface area (Å²) in [6.07, 6.45) is 2.38. The molecular weight excluding hydrogens is 366 g/mol. The number of amides is 2. The van der Waals surface area contributed by atoms with Gasteiger partial charge in [0.2, 0.25) is 15.9 Å². The third kappa shape index (κ3) is 5.42. The Morgan fingerprint density at radius 3 is 2.60 bits per heavy atom. The molecule has 1 saturated carbocycles. The van der Waals surface area contributed by atoms with Gasteiger partial charge in [-0.25, -0.2) is 13.1 Å². The van der Waals surface area contributed by atoms with Crippen LogP contribution in [0, 0.1) is 0 Å². The molecule has 2 rings (SSSR count). The Labute approximate surface area is 152 Å². The molecule has 1 fully saturated rings. The Morgan fingerprint density at radius 2 is 2.00 bits per heavy atom. The Hall–Kier alpha value is -1.64. The molecule has 0 unspecified atom stereocenters. The number of halogens is 1. The second-order valence-corrected chi connectivity index (χ2v) is 8.12. The van der Waals surface area contributed by atoms with Crippen LogP contribution in [0.2, 0.25) is 5.02 Å². The monoisotopic (exact) mass is 387 g/mol. The Morgan fingerprint density at radius 1 is 1.32 bits per heavy atom. The van der Waals surface area contributed by atoms with Crippen LogP contribution in [0.15, 0.2) is 23.1 Å². The first kappa shape index (κ1) is 19.7. The van der Waals surface area contributed by atoms with Crippen LogP contribution in [-0.2, 0) is 14.8 Å². The molecule has 2 amide bonds. The molecule has 1 aromatic carbocycles. The SMILES string of the molecule is CCCNC(=O)[C@@H](C)NC(=O)c1ccc(Cl)c(S(=O)(=O)NC2CC2)c1. The fourth-order valence-corrected chi connectivity index (χ4v) is 3.91. The summed E-state index contributed by atoms with van der Waals surface area (Å²) >= 11 is 5.99. The van der Waals surface area contributed by atoms with Gasteiger partial charge in [-0.05, 0) is 44.4 Å². The summed E-state index contributed by atoms with van der Waals surface area (Å²) in [4.78, 5) is 24.0. The number of sulfonamides is 1. The van der Waals surface area contributed by atoms with E-state index in [4.69, 9.17) is 11.6 Å². The molecule has 1 aromatic rings. The minimum Gasteiger partial charge on any atom is -0.354 e. The number of carbonyl (C=O) groups excluding carboxylic acids is 2. The van der Waals surface area contributed by atoms with E-state index in [2.05, 4.69) is 15.4 Å². The fourth-order valence-electron chi connectivity index (χ4n) is 2.08. The van der Waals surface area contributed by atoms with Gasteiger partial charge in [0.05, 0.1) is 5.02 Å². The van der Waals surface area contributed by atoms with Crippen LogP contribution in [0.3, 0.4) is 0 Å². The number of hydrogen-bond donors (Lipinski definition) is 3. The van der Waals surface area contributed by atoms with Gasteiger partial charge in [0, 0.05) is 18.2 Å². The highest BCUT2D eigenvalue weighted by atomic mass is 35.5. The summed E-state index contributed by atoms with van der Waals surface area (Å²) in [6, 6.07) is 3.20. The van der Waals surface area contributed by atoms with Crippen LogP contribution in [0.1, 0.15) is 43.5 Å². The van der Waals surface area contributed by atoms with Crippen molar-refractivity contribution >= 4 is 33.4 Å². The highest BCUT2D eigenvalue weighted by Crippen LogP contribution is 2.26. The van der Waals surface area contributed by atoms with Crippen molar-refractivity contribution in [2.45, 2.75) is 50.1 Å². The number of rotatable bonds is 8. The number of benzene rings is 1. The minimum absolute atomic E-state index is 0.0402. The van der Waals surface area contributed by atoms with Gasteiger partial charge in [0.15, 0.2) is 0 Å². The Kier molecular flexibility index (Phi) is 6.42. The Bertz CT molecular complexity index is 763. The van der Waals surface area contributed by atoms with E-state index in [-0.39, 0.29) is 27.4 Å². The zero-order chi connectivity index (χ0) is 18.6. The minimum atomic E-state index is -3.78. The second-order valence-electron chi connectivity index (χ2n) is 6.03. The Balaban J connectivity index is 2.12. The molecule has 3 N–H and O–H groups in total. The van der Waals surface area contributed by atoms with E-state index >= 15 is 0 Å². The van der Waals surface area contributed by atoms with E-state index in [0.29, 0.717) is 6.54 Å². The smallest absolute Gasteiger partial charge is 0.251 e. The topological polar surface area (TPSA) is 104 Å². The zero-order valence-electron chi connectivity index (χ0n) is 14.1. The first-order valence-corrected chi connectivity index (χ1v) is 10.0. The van der Waals surface area contributed by atoms with Gasteiger partial charge >= 0.3 is 0 Å². The number of hydrogen-bond acceptors (Lipinski definition) is 4. The average molecular weight is 388 g/mol. The highest BCUT2D eigenvalue weighted by Gasteiger charge is 2.29. The largest absolute Gasteiger partial charge is 0.354 e. The number of carbonyl (C=O) groups is 2. The van der Waals surface area contributed by atoms with Crippen molar-refractivity contribution in [2.24, 2.45) is 0 Å². The fraction of sp³-hybridized carbons (Fsp3) is 0.500. The maximum absolute atomic E-state index is 12.3. The second kappa shape index (κ2) is 8.16. The maximum Gasteiger partial charge on any atom is 0.251 e. The average Bonchev–Trinajstić information content (AvgIpc) is 3.35. The lowest BCUT2D eigenvalue weighted by atomic mass is 10.2. The van der Waals surface area contributed by atoms with E-state index < -0.39 is 22.0 Å². The van der Waals surface area contributed by atoms with Gasteiger partial charge in [0.1, 0.15) is 10.9 Å². The standard InChI is InChI=1S/C16H22ClN3O4S/c1-3-8-18-15(21)10(2)19-16(22)11-4-7-13(17)14(9-11)25(23,24)20-12-5-6-12/h4,7,9-10,12,20H,3,5-6,8H2,1-2H3,(H,18,21)(H,19,22)/t10-/m1/s1. The molecule has 0 aliphatic heterocycles. The maximum atomic E-state index is 12.3. The normalized spacial score (nSPS) is 15.5.